The summed E-state index contributed by atoms with van der Waals surface area (Å²) in [5.74, 6) is -0.942. The van der Waals surface area contributed by atoms with Crippen LogP contribution in [-0.2, 0) is 0 Å². The smallest absolute Gasteiger partial charge is 0.338 e. The van der Waals surface area contributed by atoms with E-state index in [1.807, 2.05) is 17.5 Å². The molecule has 0 unspecified atom stereocenters. The van der Waals surface area contributed by atoms with E-state index >= 15 is 0 Å². The van der Waals surface area contributed by atoms with Crippen LogP contribution in [0, 0.1) is 0 Å². The largest absolute Gasteiger partial charge is 0.478 e. The van der Waals surface area contributed by atoms with E-state index < -0.39 is 5.97 Å². The van der Waals surface area contributed by atoms with Gasteiger partial charge in [0.15, 0.2) is 0 Å². The molecule has 0 aromatic carbocycles. The van der Waals surface area contributed by atoms with Crippen molar-refractivity contribution < 1.29 is 9.90 Å². The molecule has 0 aliphatic rings. The van der Waals surface area contributed by atoms with Gasteiger partial charge in [-0.05, 0) is 23.6 Å². The Hall–Kier alpha value is -1.33. The number of thiophene rings is 1. The topological polar surface area (TPSA) is 50.2 Å². The molecule has 2 aromatic heterocycles. The number of nitrogens with zero attached hydrogens (tertiary/aromatic N) is 1. The van der Waals surface area contributed by atoms with Crippen molar-refractivity contribution in [1.82, 2.24) is 4.98 Å². The van der Waals surface area contributed by atoms with Gasteiger partial charge in [-0.15, -0.1) is 11.3 Å². The maximum atomic E-state index is 10.9. The summed E-state index contributed by atoms with van der Waals surface area (Å²) < 4.78 is 1.04. The molecule has 76 valence electrons. The lowest BCUT2D eigenvalue weighted by Gasteiger charge is -2.01. The third kappa shape index (κ3) is 2.37. The number of hydrogen-bond donors (Lipinski definition) is 1. The van der Waals surface area contributed by atoms with Crippen molar-refractivity contribution in [3.05, 3.63) is 41.4 Å². The molecule has 2 heterocycles. The van der Waals surface area contributed by atoms with Crippen LogP contribution in [0.3, 0.4) is 0 Å². The van der Waals surface area contributed by atoms with Crippen molar-refractivity contribution in [2.24, 2.45) is 0 Å². The summed E-state index contributed by atoms with van der Waals surface area (Å²) in [5.41, 5.74) is 0.246. The lowest BCUT2D eigenvalue weighted by atomic mass is 10.3. The fourth-order valence-electron chi connectivity index (χ4n) is 1.05. The Bertz CT molecular complexity index is 468. The lowest BCUT2D eigenvalue weighted by Crippen LogP contribution is -1.99. The first-order valence-electron chi connectivity index (χ1n) is 4.17. The summed E-state index contributed by atoms with van der Waals surface area (Å²) in [6.45, 7) is 0. The van der Waals surface area contributed by atoms with E-state index in [1.165, 1.54) is 11.8 Å². The van der Waals surface area contributed by atoms with Crippen LogP contribution in [0.5, 0.6) is 0 Å². The molecule has 0 atom stereocenters. The van der Waals surface area contributed by atoms with E-state index in [0.717, 1.165) is 4.21 Å². The number of aromatic carboxylic acids is 1. The first-order chi connectivity index (χ1) is 7.27. The lowest BCUT2D eigenvalue weighted by molar-refractivity contribution is 0.0692. The fraction of sp³-hybridized carbons (Fsp3) is 0. The molecule has 0 radical (unpaired) electrons. The monoisotopic (exact) mass is 237 g/mol. The molecular weight excluding hydrogens is 230 g/mol. The Kier molecular flexibility index (Phi) is 3.03. The van der Waals surface area contributed by atoms with Crippen molar-refractivity contribution in [2.45, 2.75) is 9.24 Å². The van der Waals surface area contributed by atoms with Crippen molar-refractivity contribution in [2.75, 3.05) is 0 Å². The third-order valence-corrected chi connectivity index (χ3v) is 3.75. The third-order valence-electron chi connectivity index (χ3n) is 1.69. The highest BCUT2D eigenvalue weighted by Crippen LogP contribution is 2.31. The van der Waals surface area contributed by atoms with Crippen LogP contribution in [0.15, 0.2) is 45.1 Å². The predicted molar refractivity (Wildman–Crippen MR) is 59.6 cm³/mol. The molecule has 15 heavy (non-hydrogen) atoms. The van der Waals surface area contributed by atoms with Crippen LogP contribution in [0.2, 0.25) is 0 Å². The Labute approximate surface area is 94.8 Å². The normalized spacial score (nSPS) is 10.1. The number of aromatic nitrogens is 1. The van der Waals surface area contributed by atoms with Gasteiger partial charge in [0.1, 0.15) is 5.03 Å². The first-order valence-corrected chi connectivity index (χ1v) is 5.86. The number of carbonyl (C=O) groups is 1. The molecule has 0 fully saturated rings. The second-order valence-electron chi connectivity index (χ2n) is 2.70. The zero-order chi connectivity index (χ0) is 10.7. The summed E-state index contributed by atoms with van der Waals surface area (Å²) >= 11 is 2.94. The molecule has 2 aromatic rings. The summed E-state index contributed by atoms with van der Waals surface area (Å²) in [6.07, 6.45) is 1.60. The minimum atomic E-state index is -0.942. The maximum absolute atomic E-state index is 10.9. The Balaban J connectivity index is 2.32. The second-order valence-corrected chi connectivity index (χ2v) is 4.93. The Morgan fingerprint density at radius 3 is 2.93 bits per heavy atom. The number of pyridine rings is 1. The number of carboxylic acid groups (broad SMARTS) is 1. The highest BCUT2D eigenvalue weighted by molar-refractivity contribution is 8.01. The van der Waals surface area contributed by atoms with E-state index in [0.29, 0.717) is 5.03 Å². The van der Waals surface area contributed by atoms with Gasteiger partial charge in [-0.3, -0.25) is 0 Å². The van der Waals surface area contributed by atoms with Crippen LogP contribution in [0.1, 0.15) is 10.4 Å². The van der Waals surface area contributed by atoms with Crippen LogP contribution in [-0.4, -0.2) is 16.1 Å². The molecule has 0 amide bonds. The van der Waals surface area contributed by atoms with Gasteiger partial charge in [0.25, 0.3) is 0 Å². The zero-order valence-electron chi connectivity index (χ0n) is 7.58. The first kappa shape index (κ1) is 10.2. The van der Waals surface area contributed by atoms with Gasteiger partial charge in [-0.2, -0.15) is 0 Å². The van der Waals surface area contributed by atoms with Crippen LogP contribution in [0.4, 0.5) is 0 Å². The number of hydrogen-bond acceptors (Lipinski definition) is 4. The van der Waals surface area contributed by atoms with E-state index in [1.54, 1.807) is 29.7 Å². The Morgan fingerprint density at radius 1 is 1.40 bits per heavy atom. The molecular formula is C10H7NO2S2. The second kappa shape index (κ2) is 4.46. The van der Waals surface area contributed by atoms with E-state index in [2.05, 4.69) is 4.98 Å². The standard InChI is InChI=1S/C10H7NO2S2/c12-10(13)7-3-1-5-11-9(7)15-8-4-2-6-14-8/h1-6H,(H,12,13). The predicted octanol–water partition coefficient (Wildman–Crippen LogP) is 2.99. The molecule has 0 bridgehead atoms. The van der Waals surface area contributed by atoms with E-state index in [4.69, 9.17) is 5.11 Å². The molecule has 1 N–H and O–H groups in total. The Morgan fingerprint density at radius 2 is 2.27 bits per heavy atom. The summed E-state index contributed by atoms with van der Waals surface area (Å²) in [7, 11) is 0. The molecule has 5 heteroatoms. The van der Waals surface area contributed by atoms with Gasteiger partial charge >= 0.3 is 5.97 Å². The summed E-state index contributed by atoms with van der Waals surface area (Å²) in [6, 6.07) is 7.05. The molecule has 0 spiro atoms. The quantitative estimate of drug-likeness (QED) is 0.891. The number of carboxylic acids is 1. The van der Waals surface area contributed by atoms with Gasteiger partial charge in [0.05, 0.1) is 9.77 Å². The highest BCUT2D eigenvalue weighted by atomic mass is 32.2. The minimum Gasteiger partial charge on any atom is -0.478 e. The SMILES string of the molecule is O=C(O)c1cccnc1Sc1cccs1. The maximum Gasteiger partial charge on any atom is 0.338 e. The molecule has 0 aliphatic carbocycles. The molecule has 3 nitrogen and oxygen atoms in total. The number of rotatable bonds is 3. The van der Waals surface area contributed by atoms with Gasteiger partial charge in [0.2, 0.25) is 0 Å². The average Bonchev–Trinajstić information content (AvgIpc) is 2.71. The molecule has 0 aliphatic heterocycles. The average molecular weight is 237 g/mol. The van der Waals surface area contributed by atoms with Gasteiger partial charge in [-0.1, -0.05) is 17.8 Å². The molecule has 2 rings (SSSR count). The van der Waals surface area contributed by atoms with E-state index in [9.17, 15) is 4.79 Å². The summed E-state index contributed by atoms with van der Waals surface area (Å²) in [4.78, 5) is 15.0. The van der Waals surface area contributed by atoms with Crippen molar-refractivity contribution in [1.29, 1.82) is 0 Å². The van der Waals surface area contributed by atoms with Gasteiger partial charge < -0.3 is 5.11 Å². The highest BCUT2D eigenvalue weighted by Gasteiger charge is 2.11. The van der Waals surface area contributed by atoms with Crippen LogP contribution in [0.25, 0.3) is 0 Å². The van der Waals surface area contributed by atoms with E-state index in [-0.39, 0.29) is 5.56 Å². The van der Waals surface area contributed by atoms with Gasteiger partial charge in [0, 0.05) is 6.20 Å². The fourth-order valence-corrected chi connectivity index (χ4v) is 2.81. The van der Waals surface area contributed by atoms with Crippen molar-refractivity contribution in [3.8, 4) is 0 Å². The van der Waals surface area contributed by atoms with Crippen molar-refractivity contribution in [3.63, 3.8) is 0 Å². The molecule has 0 saturated carbocycles. The molecule has 0 saturated heterocycles. The van der Waals surface area contributed by atoms with Crippen LogP contribution >= 0.6 is 23.1 Å². The summed E-state index contributed by atoms with van der Waals surface area (Å²) in [5, 5.41) is 11.4. The van der Waals surface area contributed by atoms with Crippen molar-refractivity contribution >= 4 is 29.1 Å². The van der Waals surface area contributed by atoms with Gasteiger partial charge in [-0.25, -0.2) is 9.78 Å². The van der Waals surface area contributed by atoms with Crippen LogP contribution < -0.4 is 0 Å². The zero-order valence-corrected chi connectivity index (χ0v) is 9.22. The minimum absolute atomic E-state index is 0.246.